The Hall–Kier alpha value is -2.20. The summed E-state index contributed by atoms with van der Waals surface area (Å²) in [5.74, 6) is 0. The van der Waals surface area contributed by atoms with E-state index >= 15 is 0 Å². The highest BCUT2D eigenvalue weighted by Gasteiger charge is 2.08. The van der Waals surface area contributed by atoms with Crippen molar-refractivity contribution in [2.45, 2.75) is 0 Å². The number of para-hydroxylation sites is 1. The number of aromatic nitrogens is 2. The molecule has 3 aromatic rings. The minimum absolute atomic E-state index is 0.125. The van der Waals surface area contributed by atoms with Crippen molar-refractivity contribution >= 4 is 34.0 Å². The number of anilines is 2. The van der Waals surface area contributed by atoms with Crippen LogP contribution in [0.1, 0.15) is 0 Å². The van der Waals surface area contributed by atoms with E-state index in [9.17, 15) is 4.79 Å². The topological polar surface area (TPSA) is 49.8 Å². The molecule has 0 atom stereocenters. The van der Waals surface area contributed by atoms with Gasteiger partial charge in [-0.3, -0.25) is 4.57 Å². The molecule has 4 nitrogen and oxygen atoms in total. The molecule has 0 bridgehead atoms. The molecule has 1 aromatic heterocycles. The number of halogens is 1. The summed E-state index contributed by atoms with van der Waals surface area (Å²) in [6.07, 6.45) is 0. The van der Waals surface area contributed by atoms with Gasteiger partial charge in [0.25, 0.3) is 0 Å². The van der Waals surface area contributed by atoms with Gasteiger partial charge in [-0.25, -0.2) is 4.79 Å². The van der Waals surface area contributed by atoms with Gasteiger partial charge in [-0.05, 0) is 36.4 Å². The number of hydrogen-bond donors (Lipinski definition) is 2. The SMILES string of the molecule is Cn1c(=O)[nH]c2cccc(Nc3ccc(Cl)cc3)c21. The maximum Gasteiger partial charge on any atom is 0.326 e. The van der Waals surface area contributed by atoms with Crippen molar-refractivity contribution in [2.24, 2.45) is 7.05 Å². The Morgan fingerprint density at radius 2 is 1.89 bits per heavy atom. The van der Waals surface area contributed by atoms with Crippen LogP contribution < -0.4 is 11.0 Å². The summed E-state index contributed by atoms with van der Waals surface area (Å²) in [6, 6.07) is 13.1. The summed E-state index contributed by atoms with van der Waals surface area (Å²) in [5.41, 5.74) is 3.33. The molecule has 5 heteroatoms. The van der Waals surface area contributed by atoms with Gasteiger partial charge in [-0.1, -0.05) is 17.7 Å². The molecular formula is C14H12ClN3O. The number of H-pyrrole nitrogens is 1. The molecule has 96 valence electrons. The Kier molecular flexibility index (Phi) is 2.80. The molecule has 0 saturated carbocycles. The van der Waals surface area contributed by atoms with Crippen LogP contribution in [0.3, 0.4) is 0 Å². The maximum atomic E-state index is 11.6. The zero-order valence-electron chi connectivity index (χ0n) is 10.3. The van der Waals surface area contributed by atoms with E-state index in [1.165, 1.54) is 0 Å². The first-order valence-electron chi connectivity index (χ1n) is 5.85. The summed E-state index contributed by atoms with van der Waals surface area (Å²) in [7, 11) is 1.74. The molecule has 0 radical (unpaired) electrons. The molecule has 0 aliphatic heterocycles. The van der Waals surface area contributed by atoms with Crippen LogP contribution in [0.2, 0.25) is 5.02 Å². The van der Waals surface area contributed by atoms with E-state index in [-0.39, 0.29) is 5.69 Å². The minimum Gasteiger partial charge on any atom is -0.354 e. The number of aryl methyl sites for hydroxylation is 1. The first-order valence-corrected chi connectivity index (χ1v) is 6.23. The second-order valence-electron chi connectivity index (χ2n) is 4.32. The zero-order valence-corrected chi connectivity index (χ0v) is 11.0. The molecular weight excluding hydrogens is 262 g/mol. The predicted molar refractivity (Wildman–Crippen MR) is 78.3 cm³/mol. The van der Waals surface area contributed by atoms with Crippen molar-refractivity contribution in [3.05, 3.63) is 58.0 Å². The number of nitrogens with one attached hydrogen (secondary N) is 2. The van der Waals surface area contributed by atoms with Gasteiger partial charge >= 0.3 is 5.69 Å². The Balaban J connectivity index is 2.10. The van der Waals surface area contributed by atoms with E-state index in [0.29, 0.717) is 5.02 Å². The molecule has 1 heterocycles. The largest absolute Gasteiger partial charge is 0.354 e. The predicted octanol–water partition coefficient (Wildman–Crippen LogP) is 3.26. The third-order valence-corrected chi connectivity index (χ3v) is 3.29. The van der Waals surface area contributed by atoms with Gasteiger partial charge in [0, 0.05) is 17.8 Å². The smallest absolute Gasteiger partial charge is 0.326 e. The van der Waals surface area contributed by atoms with E-state index in [2.05, 4.69) is 10.3 Å². The number of aromatic amines is 1. The molecule has 0 aliphatic carbocycles. The van der Waals surface area contributed by atoms with Gasteiger partial charge < -0.3 is 10.3 Å². The quantitative estimate of drug-likeness (QED) is 0.753. The van der Waals surface area contributed by atoms with Gasteiger partial charge in [0.1, 0.15) is 0 Å². The maximum absolute atomic E-state index is 11.6. The highest BCUT2D eigenvalue weighted by Crippen LogP contribution is 2.25. The van der Waals surface area contributed by atoms with Crippen LogP contribution >= 0.6 is 11.6 Å². The Labute approximate surface area is 114 Å². The summed E-state index contributed by atoms with van der Waals surface area (Å²) >= 11 is 5.86. The molecule has 0 fully saturated rings. The molecule has 0 unspecified atom stereocenters. The average Bonchev–Trinajstić information content (AvgIpc) is 2.69. The third-order valence-electron chi connectivity index (χ3n) is 3.04. The summed E-state index contributed by atoms with van der Waals surface area (Å²) in [4.78, 5) is 14.5. The van der Waals surface area contributed by atoms with Crippen LogP contribution in [0.4, 0.5) is 11.4 Å². The van der Waals surface area contributed by atoms with E-state index in [1.54, 1.807) is 11.6 Å². The lowest BCUT2D eigenvalue weighted by Crippen LogP contribution is -2.12. The van der Waals surface area contributed by atoms with Crippen LogP contribution in [0.15, 0.2) is 47.3 Å². The summed E-state index contributed by atoms with van der Waals surface area (Å²) in [6.45, 7) is 0. The lowest BCUT2D eigenvalue weighted by molar-refractivity contribution is 0.892. The lowest BCUT2D eigenvalue weighted by atomic mass is 10.2. The van der Waals surface area contributed by atoms with Crippen molar-refractivity contribution in [2.75, 3.05) is 5.32 Å². The highest BCUT2D eigenvalue weighted by atomic mass is 35.5. The highest BCUT2D eigenvalue weighted by molar-refractivity contribution is 6.30. The van der Waals surface area contributed by atoms with Gasteiger partial charge in [0.05, 0.1) is 16.7 Å². The number of nitrogens with zero attached hydrogens (tertiary/aromatic N) is 1. The normalized spacial score (nSPS) is 10.8. The Bertz CT molecular complexity index is 787. The molecule has 3 rings (SSSR count). The van der Waals surface area contributed by atoms with E-state index in [4.69, 9.17) is 11.6 Å². The van der Waals surface area contributed by atoms with Crippen molar-refractivity contribution in [1.82, 2.24) is 9.55 Å². The van der Waals surface area contributed by atoms with E-state index < -0.39 is 0 Å². The van der Waals surface area contributed by atoms with Gasteiger partial charge in [0.15, 0.2) is 0 Å². The standard InChI is InChI=1S/C14H12ClN3O/c1-18-13-11(3-2-4-12(13)17-14(18)19)16-10-7-5-9(15)6-8-10/h2-8,16H,1H3,(H,17,19). The Morgan fingerprint density at radius 1 is 1.16 bits per heavy atom. The number of fused-ring (bicyclic) bond motifs is 1. The average molecular weight is 274 g/mol. The fourth-order valence-corrected chi connectivity index (χ4v) is 2.22. The second kappa shape index (κ2) is 4.48. The summed E-state index contributed by atoms with van der Waals surface area (Å²) in [5, 5.41) is 3.98. The van der Waals surface area contributed by atoms with Gasteiger partial charge in [-0.2, -0.15) is 0 Å². The molecule has 0 spiro atoms. The molecule has 0 aliphatic rings. The van der Waals surface area contributed by atoms with Crippen LogP contribution in [0.5, 0.6) is 0 Å². The van der Waals surface area contributed by atoms with Crippen molar-refractivity contribution in [1.29, 1.82) is 0 Å². The minimum atomic E-state index is -0.125. The molecule has 0 saturated heterocycles. The fraction of sp³-hybridized carbons (Fsp3) is 0.0714. The first kappa shape index (κ1) is 11.9. The monoisotopic (exact) mass is 273 g/mol. The number of hydrogen-bond acceptors (Lipinski definition) is 2. The number of benzene rings is 2. The van der Waals surface area contributed by atoms with E-state index in [0.717, 1.165) is 22.4 Å². The third kappa shape index (κ3) is 2.11. The molecule has 2 aromatic carbocycles. The number of rotatable bonds is 2. The fourth-order valence-electron chi connectivity index (χ4n) is 2.10. The van der Waals surface area contributed by atoms with Crippen molar-refractivity contribution in [3.63, 3.8) is 0 Å². The summed E-state index contributed by atoms with van der Waals surface area (Å²) < 4.78 is 1.59. The van der Waals surface area contributed by atoms with E-state index in [1.807, 2.05) is 42.5 Å². The molecule has 0 amide bonds. The molecule has 19 heavy (non-hydrogen) atoms. The van der Waals surface area contributed by atoms with Crippen LogP contribution in [0.25, 0.3) is 11.0 Å². The van der Waals surface area contributed by atoms with Crippen LogP contribution in [-0.4, -0.2) is 9.55 Å². The zero-order chi connectivity index (χ0) is 13.4. The van der Waals surface area contributed by atoms with Crippen molar-refractivity contribution in [3.8, 4) is 0 Å². The van der Waals surface area contributed by atoms with Gasteiger partial charge in [0.2, 0.25) is 0 Å². The Morgan fingerprint density at radius 3 is 2.63 bits per heavy atom. The molecule has 2 N–H and O–H groups in total. The van der Waals surface area contributed by atoms with Gasteiger partial charge in [-0.15, -0.1) is 0 Å². The lowest BCUT2D eigenvalue weighted by Gasteiger charge is -2.08. The van der Waals surface area contributed by atoms with Crippen molar-refractivity contribution < 1.29 is 0 Å². The van der Waals surface area contributed by atoms with Crippen LogP contribution in [-0.2, 0) is 7.05 Å². The van der Waals surface area contributed by atoms with Crippen LogP contribution in [0, 0.1) is 0 Å². The first-order chi connectivity index (χ1) is 9.15. The number of imidazole rings is 1. The second-order valence-corrected chi connectivity index (χ2v) is 4.76.